The first-order valence-electron chi connectivity index (χ1n) is 9.58. The van der Waals surface area contributed by atoms with Gasteiger partial charge in [-0.25, -0.2) is 0 Å². The molecule has 1 aliphatic rings. The van der Waals surface area contributed by atoms with E-state index in [0.29, 0.717) is 5.92 Å². The average molecular weight is 323 g/mol. The second-order valence-electron chi connectivity index (χ2n) is 7.88. The second kappa shape index (κ2) is 6.02. The Balaban J connectivity index is 2.34. The van der Waals surface area contributed by atoms with Crippen molar-refractivity contribution in [1.29, 1.82) is 0 Å². The molecule has 0 saturated heterocycles. The highest BCUT2D eigenvalue weighted by Crippen LogP contribution is 2.49. The fourth-order valence-corrected chi connectivity index (χ4v) is 4.57. The van der Waals surface area contributed by atoms with Gasteiger partial charge in [0.25, 0.3) is 0 Å². The molecule has 0 N–H and O–H groups in total. The highest BCUT2D eigenvalue weighted by atomic mass is 15.1. The van der Waals surface area contributed by atoms with Crippen molar-refractivity contribution in [2.75, 3.05) is 0 Å². The largest absolute Gasteiger partial charge is 0.213 e. The van der Waals surface area contributed by atoms with Crippen LogP contribution in [-0.4, -0.2) is 0 Å². The molecule has 128 valence electrons. The molecule has 0 saturated carbocycles. The van der Waals surface area contributed by atoms with Gasteiger partial charge in [0.05, 0.1) is 11.0 Å². The smallest absolute Gasteiger partial charge is 0.192 e. The summed E-state index contributed by atoms with van der Waals surface area (Å²) in [5.74, 6) is 0.607. The third-order valence-corrected chi connectivity index (χ3v) is 7.07. The van der Waals surface area contributed by atoms with Crippen molar-refractivity contribution in [3.05, 3.63) is 53.7 Å². The third-order valence-electron chi connectivity index (χ3n) is 7.07. The van der Waals surface area contributed by atoms with Crippen LogP contribution in [0.4, 0.5) is 0 Å². The number of fused-ring (bicyclic) bond motifs is 3. The van der Waals surface area contributed by atoms with E-state index in [-0.39, 0.29) is 11.0 Å². The molecule has 1 aromatic heterocycles. The van der Waals surface area contributed by atoms with Gasteiger partial charge in [0.2, 0.25) is 5.69 Å². The van der Waals surface area contributed by atoms with Crippen molar-refractivity contribution < 1.29 is 4.57 Å². The number of benzene rings is 1. The Bertz CT molecular complexity index is 747. The molecule has 0 radical (unpaired) electrons. The van der Waals surface area contributed by atoms with E-state index in [4.69, 9.17) is 0 Å². The summed E-state index contributed by atoms with van der Waals surface area (Å²) in [5, 5.41) is 0. The molecule has 0 spiro atoms. The molecular formula is C23H32N+. The maximum Gasteiger partial charge on any atom is 0.213 e. The SMILES string of the molecule is CCC(C)c1cc[n+]2c(c1)-c1ccccc1C(C)(CC)C2(C)CC. The molecule has 3 rings (SSSR count). The Morgan fingerprint density at radius 2 is 1.71 bits per heavy atom. The lowest BCUT2D eigenvalue weighted by molar-refractivity contribution is -0.765. The molecule has 0 amide bonds. The zero-order valence-electron chi connectivity index (χ0n) is 16.2. The van der Waals surface area contributed by atoms with Crippen molar-refractivity contribution in [2.45, 2.75) is 77.7 Å². The fraction of sp³-hybridized carbons (Fsp3) is 0.522. The number of hydrogen-bond acceptors (Lipinski definition) is 0. The maximum atomic E-state index is 2.56. The van der Waals surface area contributed by atoms with Crippen molar-refractivity contribution in [2.24, 2.45) is 0 Å². The molecule has 1 heteroatoms. The topological polar surface area (TPSA) is 3.88 Å². The van der Waals surface area contributed by atoms with Gasteiger partial charge in [-0.1, -0.05) is 45.9 Å². The molecule has 24 heavy (non-hydrogen) atoms. The van der Waals surface area contributed by atoms with E-state index < -0.39 is 0 Å². The first-order chi connectivity index (χ1) is 11.4. The van der Waals surface area contributed by atoms with Crippen LogP contribution in [-0.2, 0) is 11.0 Å². The van der Waals surface area contributed by atoms with E-state index in [0.717, 1.165) is 12.8 Å². The van der Waals surface area contributed by atoms with E-state index in [1.54, 1.807) is 0 Å². The first kappa shape index (κ1) is 17.2. The summed E-state index contributed by atoms with van der Waals surface area (Å²) in [6, 6.07) is 13.8. The van der Waals surface area contributed by atoms with Crippen LogP contribution in [0, 0.1) is 0 Å². The zero-order chi connectivity index (χ0) is 17.5. The molecule has 3 atom stereocenters. The minimum absolute atomic E-state index is 0.0966. The van der Waals surface area contributed by atoms with Gasteiger partial charge < -0.3 is 0 Å². The van der Waals surface area contributed by atoms with Crippen LogP contribution in [0.1, 0.15) is 77.8 Å². The summed E-state index contributed by atoms with van der Waals surface area (Å²) in [6.45, 7) is 14.2. The Hall–Kier alpha value is -1.63. The highest BCUT2D eigenvalue weighted by Gasteiger charge is 2.56. The molecule has 0 fully saturated rings. The standard InChI is InChI=1S/C23H32N/c1-7-17(4)18-14-15-24-21(16-18)19-12-10-11-13-20(19)22(5,8-2)23(24,6)9-3/h10-17H,7-9H2,1-6H3/q+1. The quantitative estimate of drug-likeness (QED) is 0.611. The molecular weight excluding hydrogens is 290 g/mol. The number of nitrogens with zero attached hydrogens (tertiary/aromatic N) is 1. The lowest BCUT2D eigenvalue weighted by Crippen LogP contribution is -2.67. The van der Waals surface area contributed by atoms with Crippen molar-refractivity contribution >= 4 is 0 Å². The summed E-state index contributed by atoms with van der Waals surface area (Å²) in [6.07, 6.45) is 5.81. The molecule has 1 aromatic carbocycles. The number of aromatic nitrogens is 1. The highest BCUT2D eigenvalue weighted by molar-refractivity contribution is 5.66. The summed E-state index contributed by atoms with van der Waals surface area (Å²) >= 11 is 0. The summed E-state index contributed by atoms with van der Waals surface area (Å²) < 4.78 is 2.56. The van der Waals surface area contributed by atoms with Gasteiger partial charge >= 0.3 is 0 Å². The van der Waals surface area contributed by atoms with Crippen molar-refractivity contribution in [3.63, 3.8) is 0 Å². The van der Waals surface area contributed by atoms with Gasteiger partial charge in [0.15, 0.2) is 11.7 Å². The Labute approximate surface area is 147 Å². The van der Waals surface area contributed by atoms with Crippen molar-refractivity contribution in [1.82, 2.24) is 0 Å². The molecule has 0 bridgehead atoms. The second-order valence-corrected chi connectivity index (χ2v) is 7.88. The van der Waals surface area contributed by atoms with Crippen LogP contribution in [0.25, 0.3) is 11.3 Å². The normalized spacial score (nSPS) is 26.6. The molecule has 1 aliphatic heterocycles. The molecule has 3 unspecified atom stereocenters. The predicted molar refractivity (Wildman–Crippen MR) is 102 cm³/mol. The Morgan fingerprint density at radius 3 is 2.33 bits per heavy atom. The molecule has 2 aromatic rings. The zero-order valence-corrected chi connectivity index (χ0v) is 16.2. The lowest BCUT2D eigenvalue weighted by atomic mass is 9.60. The van der Waals surface area contributed by atoms with Gasteiger partial charge in [-0.15, -0.1) is 0 Å². The van der Waals surface area contributed by atoms with Gasteiger partial charge in [-0.2, -0.15) is 4.57 Å². The van der Waals surface area contributed by atoms with E-state index >= 15 is 0 Å². The lowest BCUT2D eigenvalue weighted by Gasteiger charge is -2.46. The van der Waals surface area contributed by atoms with Gasteiger partial charge in [0.1, 0.15) is 0 Å². The third kappa shape index (κ3) is 2.17. The van der Waals surface area contributed by atoms with Gasteiger partial charge in [-0.05, 0) is 42.9 Å². The van der Waals surface area contributed by atoms with Gasteiger partial charge in [-0.3, -0.25) is 0 Å². The van der Waals surface area contributed by atoms with Crippen LogP contribution < -0.4 is 4.57 Å². The van der Waals surface area contributed by atoms with Crippen LogP contribution in [0.3, 0.4) is 0 Å². The minimum Gasteiger partial charge on any atom is -0.192 e. The minimum atomic E-state index is 0.0966. The summed E-state index contributed by atoms with van der Waals surface area (Å²) in [4.78, 5) is 0. The Morgan fingerprint density at radius 1 is 1.00 bits per heavy atom. The number of pyridine rings is 1. The number of rotatable bonds is 4. The Kier molecular flexibility index (Phi) is 4.32. The van der Waals surface area contributed by atoms with E-state index in [1.807, 2.05) is 0 Å². The van der Waals surface area contributed by atoms with Gasteiger partial charge in [0, 0.05) is 25.5 Å². The van der Waals surface area contributed by atoms with Crippen LogP contribution in [0.5, 0.6) is 0 Å². The van der Waals surface area contributed by atoms with Crippen LogP contribution in [0.2, 0.25) is 0 Å². The van der Waals surface area contributed by atoms with E-state index in [1.165, 1.54) is 28.8 Å². The summed E-state index contributed by atoms with van der Waals surface area (Å²) in [5.41, 5.74) is 6.01. The van der Waals surface area contributed by atoms with Crippen molar-refractivity contribution in [3.8, 4) is 11.3 Å². The van der Waals surface area contributed by atoms with Crippen LogP contribution in [0.15, 0.2) is 42.6 Å². The first-order valence-corrected chi connectivity index (χ1v) is 9.58. The fourth-order valence-electron chi connectivity index (χ4n) is 4.57. The van der Waals surface area contributed by atoms with E-state index in [2.05, 4.69) is 88.7 Å². The monoisotopic (exact) mass is 322 g/mol. The average Bonchev–Trinajstić information content (AvgIpc) is 2.64. The molecule has 1 nitrogen and oxygen atoms in total. The molecule has 0 aliphatic carbocycles. The van der Waals surface area contributed by atoms with Crippen LogP contribution >= 0.6 is 0 Å². The summed E-state index contributed by atoms with van der Waals surface area (Å²) in [7, 11) is 0. The number of hydrogen-bond donors (Lipinski definition) is 0. The predicted octanol–water partition coefficient (Wildman–Crippen LogP) is 5.96. The maximum absolute atomic E-state index is 2.56. The molecule has 2 heterocycles. The van der Waals surface area contributed by atoms with E-state index in [9.17, 15) is 0 Å².